The first kappa shape index (κ1) is 16.5. The molecule has 0 spiro atoms. The van der Waals surface area contributed by atoms with Crippen LogP contribution in [0.3, 0.4) is 0 Å². The molecule has 130 valence electrons. The van der Waals surface area contributed by atoms with E-state index in [1.165, 1.54) is 0 Å². The first-order chi connectivity index (χ1) is 12.5. The molecule has 1 unspecified atom stereocenters. The Morgan fingerprint density at radius 1 is 1.00 bits per heavy atom. The summed E-state index contributed by atoms with van der Waals surface area (Å²) in [6.45, 7) is 4.18. The van der Waals surface area contributed by atoms with Gasteiger partial charge in [-0.2, -0.15) is 0 Å². The third-order valence-corrected chi connectivity index (χ3v) is 4.81. The Hall–Kier alpha value is -2.94. The van der Waals surface area contributed by atoms with Crippen molar-refractivity contribution < 1.29 is 9.53 Å². The van der Waals surface area contributed by atoms with Gasteiger partial charge in [-0.1, -0.05) is 36.4 Å². The zero-order valence-electron chi connectivity index (χ0n) is 15.0. The summed E-state index contributed by atoms with van der Waals surface area (Å²) in [6, 6.07) is 21.1. The Kier molecular flexibility index (Phi) is 4.08. The van der Waals surface area contributed by atoms with E-state index in [-0.39, 0.29) is 17.3 Å². The maximum absolute atomic E-state index is 12.8. The average Bonchev–Trinajstić information content (AvgIpc) is 2.67. The zero-order chi connectivity index (χ0) is 18.1. The highest BCUT2D eigenvalue weighted by Crippen LogP contribution is 2.44. The summed E-state index contributed by atoms with van der Waals surface area (Å²) in [6.07, 6.45) is 2.64. The van der Waals surface area contributed by atoms with Gasteiger partial charge in [0.05, 0.1) is 0 Å². The molecular formula is C23H21NO2. The number of ether oxygens (including phenoxy) is 1. The fourth-order valence-corrected chi connectivity index (χ4v) is 3.60. The SMILES string of the molecule is CC1(C)CC(c2ccccn2)c2cc(C(=O)c3ccccc3)ccc2O1. The molecule has 1 aliphatic rings. The van der Waals surface area contributed by atoms with Crippen LogP contribution in [0.25, 0.3) is 0 Å². The van der Waals surface area contributed by atoms with Crippen molar-refractivity contribution in [1.82, 2.24) is 4.98 Å². The Bertz CT molecular complexity index is 933. The van der Waals surface area contributed by atoms with E-state index < -0.39 is 0 Å². The molecule has 3 nitrogen and oxygen atoms in total. The fraction of sp³-hybridized carbons (Fsp3) is 0.217. The van der Waals surface area contributed by atoms with Crippen molar-refractivity contribution in [3.63, 3.8) is 0 Å². The number of hydrogen-bond donors (Lipinski definition) is 0. The lowest BCUT2D eigenvalue weighted by atomic mass is 9.81. The smallest absolute Gasteiger partial charge is 0.193 e. The van der Waals surface area contributed by atoms with Gasteiger partial charge in [-0.3, -0.25) is 9.78 Å². The fourth-order valence-electron chi connectivity index (χ4n) is 3.60. The first-order valence-corrected chi connectivity index (χ1v) is 8.87. The zero-order valence-corrected chi connectivity index (χ0v) is 15.0. The summed E-state index contributed by atoms with van der Waals surface area (Å²) in [5, 5.41) is 0. The summed E-state index contributed by atoms with van der Waals surface area (Å²) in [7, 11) is 0. The van der Waals surface area contributed by atoms with E-state index in [1.807, 2.05) is 72.9 Å². The molecule has 26 heavy (non-hydrogen) atoms. The number of carbonyl (C=O) groups excluding carboxylic acids is 1. The lowest BCUT2D eigenvalue weighted by Crippen LogP contribution is -2.35. The van der Waals surface area contributed by atoms with Gasteiger partial charge in [0.15, 0.2) is 5.78 Å². The van der Waals surface area contributed by atoms with Gasteiger partial charge in [-0.15, -0.1) is 0 Å². The highest BCUT2D eigenvalue weighted by atomic mass is 16.5. The molecule has 0 bridgehead atoms. The molecule has 3 heteroatoms. The van der Waals surface area contributed by atoms with Crippen LogP contribution in [-0.4, -0.2) is 16.4 Å². The molecule has 0 radical (unpaired) electrons. The quantitative estimate of drug-likeness (QED) is 0.628. The van der Waals surface area contributed by atoms with Gasteiger partial charge in [-0.05, 0) is 50.6 Å². The second kappa shape index (κ2) is 6.41. The molecule has 0 aliphatic carbocycles. The molecule has 0 saturated heterocycles. The molecule has 1 aliphatic heterocycles. The monoisotopic (exact) mass is 343 g/mol. The van der Waals surface area contributed by atoms with Gasteiger partial charge in [0.1, 0.15) is 11.4 Å². The standard InChI is InChI=1S/C23H21NO2/c1-23(2)15-19(20-10-6-7-13-24-20)18-14-17(11-12-21(18)26-23)22(25)16-8-4-3-5-9-16/h3-14,19H,15H2,1-2H3. The normalized spacial score (nSPS) is 17.8. The molecular weight excluding hydrogens is 322 g/mol. The molecule has 2 aromatic carbocycles. The number of pyridine rings is 1. The summed E-state index contributed by atoms with van der Waals surface area (Å²) in [5.41, 5.74) is 3.14. The minimum Gasteiger partial charge on any atom is -0.488 e. The second-order valence-corrected chi connectivity index (χ2v) is 7.32. The predicted molar refractivity (Wildman–Crippen MR) is 102 cm³/mol. The van der Waals surface area contributed by atoms with Crippen molar-refractivity contribution in [1.29, 1.82) is 0 Å². The molecule has 4 rings (SSSR count). The largest absolute Gasteiger partial charge is 0.488 e. The Morgan fingerprint density at radius 3 is 2.50 bits per heavy atom. The van der Waals surface area contributed by atoms with Crippen molar-refractivity contribution >= 4 is 5.78 Å². The molecule has 1 aromatic heterocycles. The number of rotatable bonds is 3. The van der Waals surface area contributed by atoms with E-state index in [1.54, 1.807) is 0 Å². The van der Waals surface area contributed by atoms with Crippen LogP contribution in [0.4, 0.5) is 0 Å². The highest BCUT2D eigenvalue weighted by Gasteiger charge is 2.35. The number of ketones is 1. The van der Waals surface area contributed by atoms with Gasteiger partial charge in [0, 0.05) is 34.5 Å². The van der Waals surface area contributed by atoms with Crippen molar-refractivity contribution in [2.75, 3.05) is 0 Å². The summed E-state index contributed by atoms with van der Waals surface area (Å²) < 4.78 is 6.17. The van der Waals surface area contributed by atoms with Crippen molar-refractivity contribution in [3.8, 4) is 5.75 Å². The summed E-state index contributed by atoms with van der Waals surface area (Å²) in [5.74, 6) is 0.970. The van der Waals surface area contributed by atoms with Gasteiger partial charge in [0.25, 0.3) is 0 Å². The number of aromatic nitrogens is 1. The van der Waals surface area contributed by atoms with E-state index in [0.717, 1.165) is 23.4 Å². The molecule has 1 atom stereocenters. The molecule has 3 aromatic rings. The van der Waals surface area contributed by atoms with Crippen LogP contribution in [0.5, 0.6) is 5.75 Å². The van der Waals surface area contributed by atoms with Gasteiger partial charge < -0.3 is 4.74 Å². The lowest BCUT2D eigenvalue weighted by molar-refractivity contribution is 0.0768. The van der Waals surface area contributed by atoms with Crippen LogP contribution in [0, 0.1) is 0 Å². The summed E-state index contributed by atoms with van der Waals surface area (Å²) in [4.78, 5) is 17.4. The van der Waals surface area contributed by atoms with E-state index in [4.69, 9.17) is 4.74 Å². The minimum absolute atomic E-state index is 0.0259. The van der Waals surface area contributed by atoms with Crippen molar-refractivity contribution in [2.45, 2.75) is 31.8 Å². The van der Waals surface area contributed by atoms with Crippen molar-refractivity contribution in [2.24, 2.45) is 0 Å². The minimum atomic E-state index is -0.278. The van der Waals surface area contributed by atoms with Crippen LogP contribution < -0.4 is 4.74 Å². The molecule has 0 N–H and O–H groups in total. The van der Waals surface area contributed by atoms with E-state index in [9.17, 15) is 4.79 Å². The molecule has 2 heterocycles. The lowest BCUT2D eigenvalue weighted by Gasteiger charge is -2.37. The van der Waals surface area contributed by atoms with Gasteiger partial charge >= 0.3 is 0 Å². The highest BCUT2D eigenvalue weighted by molar-refractivity contribution is 6.09. The summed E-state index contributed by atoms with van der Waals surface area (Å²) >= 11 is 0. The Labute approximate surface area is 153 Å². The van der Waals surface area contributed by atoms with E-state index >= 15 is 0 Å². The third kappa shape index (κ3) is 3.13. The molecule has 0 fully saturated rings. The van der Waals surface area contributed by atoms with Crippen LogP contribution in [-0.2, 0) is 0 Å². The van der Waals surface area contributed by atoms with Crippen LogP contribution >= 0.6 is 0 Å². The van der Waals surface area contributed by atoms with E-state index in [0.29, 0.717) is 11.1 Å². The number of carbonyl (C=O) groups is 1. The average molecular weight is 343 g/mol. The van der Waals surface area contributed by atoms with Crippen LogP contribution in [0.15, 0.2) is 72.9 Å². The topological polar surface area (TPSA) is 39.2 Å². The number of hydrogen-bond acceptors (Lipinski definition) is 3. The van der Waals surface area contributed by atoms with Crippen LogP contribution in [0.2, 0.25) is 0 Å². The molecule has 0 saturated carbocycles. The van der Waals surface area contributed by atoms with Gasteiger partial charge in [-0.25, -0.2) is 0 Å². The third-order valence-electron chi connectivity index (χ3n) is 4.81. The number of benzene rings is 2. The predicted octanol–water partition coefficient (Wildman–Crippen LogP) is 5.01. The van der Waals surface area contributed by atoms with E-state index in [2.05, 4.69) is 18.8 Å². The second-order valence-electron chi connectivity index (χ2n) is 7.32. The Balaban J connectivity index is 1.79. The molecule has 0 amide bonds. The van der Waals surface area contributed by atoms with Gasteiger partial charge in [0.2, 0.25) is 0 Å². The van der Waals surface area contributed by atoms with Crippen molar-refractivity contribution in [3.05, 3.63) is 95.3 Å². The number of fused-ring (bicyclic) bond motifs is 1. The van der Waals surface area contributed by atoms with Crippen LogP contribution in [0.1, 0.15) is 53.4 Å². The Morgan fingerprint density at radius 2 is 1.77 bits per heavy atom. The maximum Gasteiger partial charge on any atom is 0.193 e. The maximum atomic E-state index is 12.8. The number of nitrogens with zero attached hydrogens (tertiary/aromatic N) is 1. The first-order valence-electron chi connectivity index (χ1n) is 8.87.